The molecule has 0 radical (unpaired) electrons. The van der Waals surface area contributed by atoms with Gasteiger partial charge in [0.2, 0.25) is 5.91 Å². The Bertz CT molecular complexity index is 1200. The van der Waals surface area contributed by atoms with Crippen LogP contribution in [0.4, 0.5) is 4.79 Å². The van der Waals surface area contributed by atoms with Crippen LogP contribution in [0.5, 0.6) is 0 Å². The Hall–Kier alpha value is -3.88. The molecular formula is C26H32N6O3. The van der Waals surface area contributed by atoms with Crippen LogP contribution in [-0.2, 0) is 9.53 Å². The van der Waals surface area contributed by atoms with Gasteiger partial charge in [-0.1, -0.05) is 50.3 Å². The van der Waals surface area contributed by atoms with E-state index in [0.717, 1.165) is 23.4 Å². The Balaban J connectivity index is 1.81. The van der Waals surface area contributed by atoms with Gasteiger partial charge in [0.1, 0.15) is 23.3 Å². The monoisotopic (exact) mass is 476 g/mol. The molecule has 9 nitrogen and oxygen atoms in total. The van der Waals surface area contributed by atoms with E-state index in [9.17, 15) is 9.59 Å². The van der Waals surface area contributed by atoms with E-state index < -0.39 is 17.7 Å². The zero-order valence-corrected chi connectivity index (χ0v) is 20.8. The van der Waals surface area contributed by atoms with Gasteiger partial charge >= 0.3 is 6.09 Å². The molecule has 4 rings (SSSR count). The van der Waals surface area contributed by atoms with Crippen molar-refractivity contribution in [1.29, 1.82) is 0 Å². The van der Waals surface area contributed by atoms with Crippen molar-refractivity contribution >= 4 is 23.7 Å². The van der Waals surface area contributed by atoms with Crippen LogP contribution in [0.3, 0.4) is 0 Å². The van der Waals surface area contributed by atoms with Crippen LogP contribution in [0.15, 0.2) is 65.1 Å². The Morgan fingerprint density at radius 1 is 1.23 bits per heavy atom. The number of imidazole rings is 1. The van der Waals surface area contributed by atoms with Crippen LogP contribution in [0.2, 0.25) is 0 Å². The Morgan fingerprint density at radius 3 is 2.63 bits per heavy atom. The first-order chi connectivity index (χ1) is 16.7. The van der Waals surface area contributed by atoms with Crippen molar-refractivity contribution in [2.24, 2.45) is 4.99 Å². The summed E-state index contributed by atoms with van der Waals surface area (Å²) in [6, 6.07) is 9.27. The number of aromatic nitrogens is 2. The molecule has 1 saturated heterocycles. The third-order valence-corrected chi connectivity index (χ3v) is 5.75. The summed E-state index contributed by atoms with van der Waals surface area (Å²) in [6.45, 7) is 9.34. The smallest absolute Gasteiger partial charge is 0.426 e. The molecule has 1 aromatic heterocycles. The minimum Gasteiger partial charge on any atom is -0.443 e. The van der Waals surface area contributed by atoms with E-state index in [-0.39, 0.29) is 5.91 Å². The van der Waals surface area contributed by atoms with Crippen molar-refractivity contribution < 1.29 is 14.3 Å². The highest BCUT2D eigenvalue weighted by Gasteiger charge is 2.38. The number of hydrogen-bond donors (Lipinski definition) is 2. The van der Waals surface area contributed by atoms with Gasteiger partial charge in [-0.2, -0.15) is 0 Å². The summed E-state index contributed by atoms with van der Waals surface area (Å²) >= 11 is 0. The molecule has 0 spiro atoms. The standard InChI is InChI=1S/C26H32N6O3/c1-6-17-13-14-19-23(29-22(17)31-16-15-27-21(31)18-11-9-8-10-12-18)32(20(7-2)24(33)28-19)30-25(34)35-26(3,4)5/h8-12,14-16,20H,6-7,13H2,1-5H3,(H,28,33)(H,30,34). The number of allylic oxidation sites excluding steroid dienone is 2. The number of benzene rings is 1. The van der Waals surface area contributed by atoms with Crippen molar-refractivity contribution in [1.82, 2.24) is 25.3 Å². The fourth-order valence-electron chi connectivity index (χ4n) is 4.12. The minimum absolute atomic E-state index is 0.206. The predicted octanol–water partition coefficient (Wildman–Crippen LogP) is 4.46. The fraction of sp³-hybridized carbons (Fsp3) is 0.385. The number of nitrogens with one attached hydrogen (secondary N) is 2. The third kappa shape index (κ3) is 5.13. The lowest BCUT2D eigenvalue weighted by molar-refractivity contribution is -0.126. The SMILES string of the molecule is CCC1=C(n2ccnc2-c2ccccc2)N=C2C(=CC1)NC(=O)C(CC)N2NC(=O)OC(C)(C)C. The average Bonchev–Trinajstić information content (AvgIpc) is 3.21. The largest absolute Gasteiger partial charge is 0.443 e. The summed E-state index contributed by atoms with van der Waals surface area (Å²) in [5.41, 5.74) is 4.68. The highest BCUT2D eigenvalue weighted by atomic mass is 16.6. The van der Waals surface area contributed by atoms with Gasteiger partial charge in [0.25, 0.3) is 0 Å². The summed E-state index contributed by atoms with van der Waals surface area (Å²) < 4.78 is 7.43. The molecule has 1 unspecified atom stereocenters. The minimum atomic E-state index is -0.685. The summed E-state index contributed by atoms with van der Waals surface area (Å²) in [6.07, 6.45) is 6.74. The number of rotatable bonds is 5. The molecule has 2 N–H and O–H groups in total. The number of nitrogens with zero attached hydrogens (tertiary/aromatic N) is 4. The van der Waals surface area contributed by atoms with Gasteiger partial charge in [-0.15, -0.1) is 0 Å². The molecule has 0 aliphatic carbocycles. The molecule has 0 bridgehead atoms. The highest BCUT2D eigenvalue weighted by Crippen LogP contribution is 2.30. The van der Waals surface area contributed by atoms with E-state index >= 15 is 0 Å². The van der Waals surface area contributed by atoms with Gasteiger partial charge in [-0.05, 0) is 45.6 Å². The van der Waals surface area contributed by atoms with Gasteiger partial charge in [-0.25, -0.2) is 20.2 Å². The lowest BCUT2D eigenvalue weighted by atomic mass is 10.1. The lowest BCUT2D eigenvalue weighted by Crippen LogP contribution is -2.63. The number of hydrogen-bond acceptors (Lipinski definition) is 6. The van der Waals surface area contributed by atoms with E-state index in [2.05, 4.69) is 22.7 Å². The van der Waals surface area contributed by atoms with Crippen molar-refractivity contribution in [3.8, 4) is 11.4 Å². The average molecular weight is 477 g/mol. The van der Waals surface area contributed by atoms with E-state index in [4.69, 9.17) is 9.73 Å². The molecule has 2 aliphatic heterocycles. The zero-order valence-electron chi connectivity index (χ0n) is 20.8. The zero-order chi connectivity index (χ0) is 25.2. The number of aliphatic imine (C=N–C) groups is 1. The van der Waals surface area contributed by atoms with Crippen molar-refractivity contribution in [3.63, 3.8) is 0 Å². The second-order valence-electron chi connectivity index (χ2n) is 9.42. The van der Waals surface area contributed by atoms with Crippen LogP contribution < -0.4 is 10.7 Å². The highest BCUT2D eigenvalue weighted by molar-refractivity contribution is 6.09. The molecule has 2 aromatic rings. The fourth-order valence-corrected chi connectivity index (χ4v) is 4.12. The van der Waals surface area contributed by atoms with Crippen LogP contribution in [0, 0.1) is 0 Å². The van der Waals surface area contributed by atoms with Gasteiger partial charge in [-0.3, -0.25) is 14.4 Å². The predicted molar refractivity (Wildman–Crippen MR) is 135 cm³/mol. The second-order valence-corrected chi connectivity index (χ2v) is 9.42. The van der Waals surface area contributed by atoms with Crippen molar-refractivity contribution in [3.05, 3.63) is 60.1 Å². The third-order valence-electron chi connectivity index (χ3n) is 5.75. The van der Waals surface area contributed by atoms with Crippen LogP contribution >= 0.6 is 0 Å². The van der Waals surface area contributed by atoms with E-state index in [1.54, 1.807) is 27.0 Å². The van der Waals surface area contributed by atoms with E-state index in [1.807, 2.05) is 54.1 Å². The van der Waals surface area contributed by atoms with Crippen LogP contribution in [0.25, 0.3) is 17.2 Å². The molecule has 2 amide bonds. The molecule has 1 aromatic carbocycles. The van der Waals surface area contributed by atoms with Gasteiger partial charge in [0.05, 0.1) is 5.70 Å². The number of carbonyl (C=O) groups excluding carboxylic acids is 2. The molecule has 0 saturated carbocycles. The first kappa shape index (κ1) is 24.3. The number of hydrazine groups is 1. The number of ether oxygens (including phenoxy) is 1. The Kier molecular flexibility index (Phi) is 6.77. The summed E-state index contributed by atoms with van der Waals surface area (Å²) in [4.78, 5) is 35.2. The first-order valence-electron chi connectivity index (χ1n) is 11.9. The maximum Gasteiger partial charge on any atom is 0.426 e. The van der Waals surface area contributed by atoms with E-state index in [0.29, 0.717) is 30.2 Å². The van der Waals surface area contributed by atoms with Gasteiger partial charge in [0.15, 0.2) is 5.84 Å². The first-order valence-corrected chi connectivity index (χ1v) is 11.9. The van der Waals surface area contributed by atoms with E-state index in [1.165, 1.54) is 5.01 Å². The van der Waals surface area contributed by atoms with Crippen LogP contribution in [-0.4, -0.2) is 44.0 Å². The molecule has 184 valence electrons. The van der Waals surface area contributed by atoms with Gasteiger partial charge in [0, 0.05) is 18.0 Å². The second kappa shape index (κ2) is 9.77. The molecule has 1 atom stereocenters. The molecule has 3 heterocycles. The molecule has 9 heteroatoms. The lowest BCUT2D eigenvalue weighted by Gasteiger charge is -2.38. The summed E-state index contributed by atoms with van der Waals surface area (Å²) in [5.74, 6) is 1.72. The Labute approximate surface area is 205 Å². The molecule has 35 heavy (non-hydrogen) atoms. The molecular weight excluding hydrogens is 444 g/mol. The number of fused-ring (bicyclic) bond motifs is 1. The number of amidine groups is 1. The molecule has 1 fully saturated rings. The van der Waals surface area contributed by atoms with Gasteiger partial charge < -0.3 is 10.1 Å². The summed E-state index contributed by atoms with van der Waals surface area (Å²) in [7, 11) is 0. The molecule has 2 aliphatic rings. The van der Waals surface area contributed by atoms with Crippen LogP contribution in [0.1, 0.15) is 53.9 Å². The maximum absolute atomic E-state index is 12.9. The number of carbonyl (C=O) groups is 2. The number of amides is 2. The van der Waals surface area contributed by atoms with Crippen molar-refractivity contribution in [2.75, 3.05) is 0 Å². The Morgan fingerprint density at radius 2 is 1.97 bits per heavy atom. The normalized spacial score (nSPS) is 18.3. The van der Waals surface area contributed by atoms with Crippen molar-refractivity contribution in [2.45, 2.75) is 65.5 Å². The quantitative estimate of drug-likeness (QED) is 0.663. The number of piperazine rings is 1. The summed E-state index contributed by atoms with van der Waals surface area (Å²) in [5, 5.41) is 4.50. The topological polar surface area (TPSA) is 101 Å². The maximum atomic E-state index is 12.9.